The maximum absolute atomic E-state index is 15.0. The number of nitrogens with zero attached hydrogens (tertiary/aromatic N) is 4. The van der Waals surface area contributed by atoms with Crippen LogP contribution in [0.15, 0.2) is 18.2 Å². The van der Waals surface area contributed by atoms with Crippen LogP contribution in [0.1, 0.15) is 0 Å². The number of anilines is 2. The van der Waals surface area contributed by atoms with Crippen molar-refractivity contribution in [3.05, 3.63) is 24.0 Å². The second kappa shape index (κ2) is 10.5. The second-order valence-corrected chi connectivity index (χ2v) is 8.76. The van der Waals surface area contributed by atoms with Crippen LogP contribution in [0.2, 0.25) is 0 Å². The summed E-state index contributed by atoms with van der Waals surface area (Å²) < 4.78 is 25.5. The van der Waals surface area contributed by atoms with Gasteiger partial charge in [-0.05, 0) is 24.5 Å². The highest BCUT2D eigenvalue weighted by molar-refractivity contribution is 8.12. The summed E-state index contributed by atoms with van der Waals surface area (Å²) in [5, 5.41) is 2.46. The van der Waals surface area contributed by atoms with Crippen LogP contribution in [0.5, 0.6) is 0 Å². The monoisotopic (exact) mass is 481 g/mol. The van der Waals surface area contributed by atoms with Crippen molar-refractivity contribution < 1.29 is 28.2 Å². The average molecular weight is 482 g/mol. The van der Waals surface area contributed by atoms with E-state index in [2.05, 4.69) is 5.32 Å². The molecule has 0 saturated carbocycles. The lowest BCUT2D eigenvalue weighted by Gasteiger charge is -2.39. The SMILES string of the molecule is CSC(=O)NC[C@H]1CN(c2ccc(N3CCN(C(=O)N4CCOCC4)CC3)c(F)c2)C(=O)O1. The van der Waals surface area contributed by atoms with Gasteiger partial charge in [-0.25, -0.2) is 14.0 Å². The molecule has 4 amide bonds. The Kier molecular flexibility index (Phi) is 7.43. The number of piperazine rings is 1. The molecule has 1 atom stereocenters. The van der Waals surface area contributed by atoms with Gasteiger partial charge in [0.05, 0.1) is 37.7 Å². The summed E-state index contributed by atoms with van der Waals surface area (Å²) in [6.07, 6.45) is 0.600. The molecule has 4 rings (SSSR count). The molecule has 3 saturated heterocycles. The molecule has 3 fully saturated rings. The van der Waals surface area contributed by atoms with Gasteiger partial charge in [0.15, 0.2) is 0 Å². The van der Waals surface area contributed by atoms with Crippen LogP contribution in [0.3, 0.4) is 0 Å². The first-order valence-electron chi connectivity index (χ1n) is 10.9. The minimum atomic E-state index is -0.569. The maximum atomic E-state index is 15.0. The number of hydrogen-bond acceptors (Lipinski definition) is 7. The quantitative estimate of drug-likeness (QED) is 0.701. The van der Waals surface area contributed by atoms with E-state index < -0.39 is 18.0 Å². The van der Waals surface area contributed by atoms with Gasteiger partial charge in [-0.3, -0.25) is 9.69 Å². The number of rotatable bonds is 4. The Labute approximate surface area is 195 Å². The van der Waals surface area contributed by atoms with Gasteiger partial charge in [0, 0.05) is 39.3 Å². The molecule has 0 spiro atoms. The molecule has 1 N–H and O–H groups in total. The molecule has 12 heteroatoms. The topological polar surface area (TPSA) is 94.7 Å². The van der Waals surface area contributed by atoms with Crippen molar-refractivity contribution in [2.45, 2.75) is 6.10 Å². The van der Waals surface area contributed by atoms with E-state index in [0.717, 1.165) is 11.8 Å². The highest BCUT2D eigenvalue weighted by Gasteiger charge is 2.33. The summed E-state index contributed by atoms with van der Waals surface area (Å²) in [6.45, 7) is 4.81. The van der Waals surface area contributed by atoms with Crippen molar-refractivity contribution in [3.8, 4) is 0 Å². The van der Waals surface area contributed by atoms with Crippen molar-refractivity contribution in [2.24, 2.45) is 0 Å². The van der Waals surface area contributed by atoms with E-state index in [9.17, 15) is 18.8 Å². The number of benzene rings is 1. The van der Waals surface area contributed by atoms with Gasteiger partial charge in [-0.1, -0.05) is 11.8 Å². The lowest BCUT2D eigenvalue weighted by Crippen LogP contribution is -2.55. The predicted molar refractivity (Wildman–Crippen MR) is 123 cm³/mol. The third-order valence-corrected chi connectivity index (χ3v) is 6.46. The summed E-state index contributed by atoms with van der Waals surface area (Å²) in [7, 11) is 0. The number of thioether (sulfide) groups is 1. The van der Waals surface area contributed by atoms with Crippen molar-refractivity contribution in [2.75, 3.05) is 81.6 Å². The van der Waals surface area contributed by atoms with Gasteiger partial charge >= 0.3 is 12.1 Å². The minimum absolute atomic E-state index is 0.00425. The van der Waals surface area contributed by atoms with E-state index in [1.54, 1.807) is 28.2 Å². The molecule has 0 unspecified atom stereocenters. The predicted octanol–water partition coefficient (Wildman–Crippen LogP) is 1.80. The van der Waals surface area contributed by atoms with Gasteiger partial charge in [0.25, 0.3) is 5.24 Å². The first-order valence-corrected chi connectivity index (χ1v) is 12.1. The van der Waals surface area contributed by atoms with E-state index >= 15 is 0 Å². The number of ether oxygens (including phenoxy) is 2. The third kappa shape index (κ3) is 5.44. The molecule has 0 radical (unpaired) electrons. The van der Waals surface area contributed by atoms with E-state index in [0.29, 0.717) is 63.9 Å². The summed E-state index contributed by atoms with van der Waals surface area (Å²) >= 11 is 1.04. The summed E-state index contributed by atoms with van der Waals surface area (Å²) in [6, 6.07) is 4.67. The van der Waals surface area contributed by atoms with Crippen molar-refractivity contribution in [1.82, 2.24) is 15.1 Å². The zero-order valence-corrected chi connectivity index (χ0v) is 19.3. The number of carbonyl (C=O) groups is 3. The zero-order valence-electron chi connectivity index (χ0n) is 18.5. The van der Waals surface area contributed by atoms with Gasteiger partial charge in [-0.2, -0.15) is 0 Å². The van der Waals surface area contributed by atoms with E-state index in [1.807, 2.05) is 4.90 Å². The number of hydrogen-bond donors (Lipinski definition) is 1. The van der Waals surface area contributed by atoms with Crippen LogP contribution < -0.4 is 15.1 Å². The highest BCUT2D eigenvalue weighted by atomic mass is 32.2. The Morgan fingerprint density at radius 2 is 1.82 bits per heavy atom. The average Bonchev–Trinajstić information content (AvgIpc) is 3.23. The number of carbonyl (C=O) groups excluding carboxylic acids is 3. The molecule has 3 heterocycles. The van der Waals surface area contributed by atoms with Crippen LogP contribution >= 0.6 is 11.8 Å². The molecule has 0 aromatic heterocycles. The third-order valence-electron chi connectivity index (χ3n) is 5.95. The zero-order chi connectivity index (χ0) is 23.4. The number of amides is 4. The Bertz CT molecular complexity index is 892. The second-order valence-electron chi connectivity index (χ2n) is 7.98. The van der Waals surface area contributed by atoms with Gasteiger partial charge in [0.1, 0.15) is 11.9 Å². The fourth-order valence-corrected chi connectivity index (χ4v) is 4.35. The van der Waals surface area contributed by atoms with Gasteiger partial charge in [0.2, 0.25) is 0 Å². The Morgan fingerprint density at radius 3 is 2.48 bits per heavy atom. The number of halogens is 1. The Morgan fingerprint density at radius 1 is 1.12 bits per heavy atom. The van der Waals surface area contributed by atoms with Crippen LogP contribution in [-0.4, -0.2) is 105 Å². The van der Waals surface area contributed by atoms with Crippen LogP contribution in [0.4, 0.5) is 30.1 Å². The molecular weight excluding hydrogens is 453 g/mol. The number of cyclic esters (lactones) is 1. The lowest BCUT2D eigenvalue weighted by atomic mass is 10.2. The molecule has 3 aliphatic heterocycles. The number of morpholine rings is 1. The lowest BCUT2D eigenvalue weighted by molar-refractivity contribution is 0.0428. The molecule has 180 valence electrons. The van der Waals surface area contributed by atoms with Crippen LogP contribution in [0.25, 0.3) is 0 Å². The molecule has 1 aromatic carbocycles. The van der Waals surface area contributed by atoms with E-state index in [1.165, 1.54) is 11.0 Å². The van der Waals surface area contributed by atoms with Crippen molar-refractivity contribution >= 4 is 40.5 Å². The highest BCUT2D eigenvalue weighted by Crippen LogP contribution is 2.28. The number of nitrogens with one attached hydrogen (secondary N) is 1. The van der Waals surface area contributed by atoms with E-state index in [4.69, 9.17) is 9.47 Å². The maximum Gasteiger partial charge on any atom is 0.414 e. The molecule has 3 aliphatic rings. The number of urea groups is 1. The minimum Gasteiger partial charge on any atom is -0.442 e. The largest absolute Gasteiger partial charge is 0.442 e. The smallest absolute Gasteiger partial charge is 0.414 e. The van der Waals surface area contributed by atoms with Crippen LogP contribution in [-0.2, 0) is 9.47 Å². The van der Waals surface area contributed by atoms with Gasteiger partial charge < -0.3 is 29.5 Å². The summed E-state index contributed by atoms with van der Waals surface area (Å²) in [4.78, 5) is 43.1. The molecule has 0 aliphatic carbocycles. The van der Waals surface area contributed by atoms with Crippen molar-refractivity contribution in [1.29, 1.82) is 0 Å². The first-order chi connectivity index (χ1) is 16.0. The standard InChI is InChI=1S/C21H28FN5O5S/c1-33-19(28)23-13-16-14-27(21(30)32-16)15-2-3-18(17(22)12-15)24-4-6-25(7-5-24)20(29)26-8-10-31-11-9-26/h2-3,12,16H,4-11,13-14H2,1H3,(H,23,28)/t16-/m0/s1. The summed E-state index contributed by atoms with van der Waals surface area (Å²) in [5.41, 5.74) is 0.842. The fourth-order valence-electron chi connectivity index (χ4n) is 4.12. The molecule has 33 heavy (non-hydrogen) atoms. The Balaban J connectivity index is 1.33. The molecule has 10 nitrogen and oxygen atoms in total. The summed E-state index contributed by atoms with van der Waals surface area (Å²) in [5.74, 6) is -0.438. The Hall–Kier alpha value is -2.73. The van der Waals surface area contributed by atoms with Crippen LogP contribution in [0, 0.1) is 5.82 Å². The van der Waals surface area contributed by atoms with E-state index in [-0.39, 0.29) is 24.4 Å². The van der Waals surface area contributed by atoms with Gasteiger partial charge in [-0.15, -0.1) is 0 Å². The normalized spacial score (nSPS) is 21.3. The fraction of sp³-hybridized carbons (Fsp3) is 0.571. The molecule has 0 bridgehead atoms. The molecular formula is C21H28FN5O5S. The first kappa shape index (κ1) is 23.4. The van der Waals surface area contributed by atoms with Crippen molar-refractivity contribution in [3.63, 3.8) is 0 Å². The molecule has 1 aromatic rings.